The van der Waals surface area contributed by atoms with Gasteiger partial charge in [0.1, 0.15) is 11.3 Å². The zero-order chi connectivity index (χ0) is 25.5. The number of aliphatic hydroxyl groups excluding tert-OH is 1. The molecule has 3 aliphatic rings. The smallest absolute Gasteiger partial charge is 0.262 e. The summed E-state index contributed by atoms with van der Waals surface area (Å²) in [5, 5.41) is 18.3. The van der Waals surface area contributed by atoms with Crippen molar-refractivity contribution < 1.29 is 19.4 Å². The largest absolute Gasteiger partial charge is 0.482 e. The van der Waals surface area contributed by atoms with Crippen LogP contribution in [0.15, 0.2) is 36.5 Å². The number of carbonyl (C=O) groups is 1. The van der Waals surface area contributed by atoms with E-state index in [9.17, 15) is 9.90 Å². The number of aromatic nitrogens is 2. The van der Waals surface area contributed by atoms with E-state index in [1.54, 1.807) is 19.4 Å². The molecule has 0 radical (unpaired) electrons. The second-order valence-corrected chi connectivity index (χ2v) is 10.5. The molecule has 3 aliphatic heterocycles. The highest BCUT2D eigenvalue weighted by atomic mass is 35.5. The molecule has 2 fully saturated rings. The highest BCUT2D eigenvalue weighted by molar-refractivity contribution is 6.32. The number of hydrogen-bond acceptors (Lipinski definition) is 8. The molecule has 3 aromatic rings. The van der Waals surface area contributed by atoms with Crippen molar-refractivity contribution in [1.82, 2.24) is 20.2 Å². The van der Waals surface area contributed by atoms with E-state index < -0.39 is 6.10 Å². The predicted octanol–water partition coefficient (Wildman–Crippen LogP) is 3.44. The van der Waals surface area contributed by atoms with Crippen LogP contribution in [-0.4, -0.2) is 64.3 Å². The first-order chi connectivity index (χ1) is 18.0. The van der Waals surface area contributed by atoms with Crippen molar-refractivity contribution in [3.05, 3.63) is 52.7 Å². The van der Waals surface area contributed by atoms with E-state index in [-0.39, 0.29) is 12.5 Å². The molecule has 10 heteroatoms. The van der Waals surface area contributed by atoms with Crippen LogP contribution in [0.1, 0.15) is 42.9 Å². The SMILES string of the molecule is COc1ccc2ncc(Cl)c(C(O)CN3C4CCC3CC(NCc3ccc5c(c3)NC(=O)CO5)C4)c2n1. The van der Waals surface area contributed by atoms with E-state index in [1.165, 1.54) is 0 Å². The van der Waals surface area contributed by atoms with E-state index in [2.05, 4.69) is 25.5 Å². The molecule has 1 aromatic carbocycles. The molecule has 3 atom stereocenters. The van der Waals surface area contributed by atoms with Gasteiger partial charge < -0.3 is 25.2 Å². The lowest BCUT2D eigenvalue weighted by Crippen LogP contribution is -2.50. The third kappa shape index (κ3) is 4.84. The summed E-state index contributed by atoms with van der Waals surface area (Å²) in [7, 11) is 1.57. The van der Waals surface area contributed by atoms with Gasteiger partial charge in [-0.15, -0.1) is 0 Å². The Bertz CT molecular complexity index is 1320. The minimum Gasteiger partial charge on any atom is -0.482 e. The first-order valence-corrected chi connectivity index (χ1v) is 13.1. The molecule has 6 rings (SSSR count). The number of ether oxygens (including phenoxy) is 2. The summed E-state index contributed by atoms with van der Waals surface area (Å²) >= 11 is 6.51. The highest BCUT2D eigenvalue weighted by Crippen LogP contribution is 2.39. The van der Waals surface area contributed by atoms with Crippen LogP contribution < -0.4 is 20.1 Å². The summed E-state index contributed by atoms with van der Waals surface area (Å²) in [6.07, 6.45) is 5.08. The number of carbonyl (C=O) groups excluding carboxylic acids is 1. The van der Waals surface area contributed by atoms with Gasteiger partial charge in [-0.25, -0.2) is 4.98 Å². The fraction of sp³-hybridized carbons (Fsp3) is 0.444. The van der Waals surface area contributed by atoms with Crippen LogP contribution in [0.2, 0.25) is 5.02 Å². The normalized spacial score (nSPS) is 23.9. The van der Waals surface area contributed by atoms with Crippen LogP contribution in [-0.2, 0) is 11.3 Å². The average molecular weight is 524 g/mol. The molecule has 9 nitrogen and oxygen atoms in total. The Hall–Kier alpha value is -2.98. The molecule has 2 bridgehead atoms. The fourth-order valence-electron chi connectivity index (χ4n) is 6.01. The minimum atomic E-state index is -0.779. The number of nitrogens with zero attached hydrogens (tertiary/aromatic N) is 3. The maximum atomic E-state index is 11.6. The number of fused-ring (bicyclic) bond motifs is 4. The number of hydrogen-bond donors (Lipinski definition) is 3. The number of piperidine rings is 1. The average Bonchev–Trinajstić information content (AvgIpc) is 3.12. The summed E-state index contributed by atoms with van der Waals surface area (Å²) in [6, 6.07) is 10.7. The molecule has 2 saturated heterocycles. The molecule has 0 saturated carbocycles. The molecule has 37 heavy (non-hydrogen) atoms. The zero-order valence-electron chi connectivity index (χ0n) is 20.6. The van der Waals surface area contributed by atoms with Gasteiger partial charge in [0, 0.05) is 49.0 Å². The Morgan fingerprint density at radius 3 is 2.86 bits per heavy atom. The van der Waals surface area contributed by atoms with Gasteiger partial charge in [-0.1, -0.05) is 17.7 Å². The monoisotopic (exact) mass is 523 g/mol. The quantitative estimate of drug-likeness (QED) is 0.432. The molecular formula is C27H30ClN5O4. The van der Waals surface area contributed by atoms with Crippen molar-refractivity contribution in [3.8, 4) is 11.6 Å². The van der Waals surface area contributed by atoms with Crippen LogP contribution in [0.5, 0.6) is 11.6 Å². The lowest BCUT2D eigenvalue weighted by atomic mass is 9.95. The molecule has 0 spiro atoms. The topological polar surface area (TPSA) is 109 Å². The first kappa shape index (κ1) is 24.4. The molecule has 3 unspecified atom stereocenters. The summed E-state index contributed by atoms with van der Waals surface area (Å²) < 4.78 is 10.7. The lowest BCUT2D eigenvalue weighted by Gasteiger charge is -2.40. The summed E-state index contributed by atoms with van der Waals surface area (Å²) in [5.41, 5.74) is 3.70. The number of amides is 1. The summed E-state index contributed by atoms with van der Waals surface area (Å²) in [4.78, 5) is 23.0. The molecule has 3 N–H and O–H groups in total. The third-order valence-electron chi connectivity index (χ3n) is 7.76. The van der Waals surface area contributed by atoms with Crippen molar-refractivity contribution in [2.24, 2.45) is 0 Å². The van der Waals surface area contributed by atoms with E-state index >= 15 is 0 Å². The first-order valence-electron chi connectivity index (χ1n) is 12.7. The number of rotatable bonds is 7. The maximum Gasteiger partial charge on any atom is 0.262 e. The predicted molar refractivity (Wildman–Crippen MR) is 140 cm³/mol. The van der Waals surface area contributed by atoms with Crippen LogP contribution >= 0.6 is 11.6 Å². The summed E-state index contributed by atoms with van der Waals surface area (Å²) in [5.74, 6) is 1.05. The minimum absolute atomic E-state index is 0.0644. The number of methoxy groups -OCH3 is 1. The zero-order valence-corrected chi connectivity index (χ0v) is 21.4. The van der Waals surface area contributed by atoms with Gasteiger partial charge in [-0.2, -0.15) is 0 Å². The third-order valence-corrected chi connectivity index (χ3v) is 8.06. The number of anilines is 1. The molecule has 5 heterocycles. The lowest BCUT2D eigenvalue weighted by molar-refractivity contribution is -0.118. The van der Waals surface area contributed by atoms with Crippen LogP contribution in [0, 0.1) is 0 Å². The number of aliphatic hydroxyl groups is 1. The van der Waals surface area contributed by atoms with Crippen molar-refractivity contribution in [2.75, 3.05) is 25.6 Å². The van der Waals surface area contributed by atoms with Gasteiger partial charge in [0.25, 0.3) is 5.91 Å². The van der Waals surface area contributed by atoms with E-state index in [0.29, 0.717) is 57.9 Å². The summed E-state index contributed by atoms with van der Waals surface area (Å²) in [6.45, 7) is 1.29. The van der Waals surface area contributed by atoms with Gasteiger partial charge in [0.05, 0.1) is 29.4 Å². The van der Waals surface area contributed by atoms with Crippen LogP contribution in [0.3, 0.4) is 0 Å². The Morgan fingerprint density at radius 2 is 2.08 bits per heavy atom. The van der Waals surface area contributed by atoms with E-state index in [0.717, 1.165) is 43.5 Å². The van der Waals surface area contributed by atoms with Gasteiger partial charge in [-0.3, -0.25) is 14.7 Å². The van der Waals surface area contributed by atoms with Gasteiger partial charge in [0.15, 0.2) is 6.61 Å². The Kier molecular flexibility index (Phi) is 6.62. The maximum absolute atomic E-state index is 11.6. The standard InChI is InChI=1S/C27H30ClN5O4/c1-36-25-7-5-20-27(32-25)26(19(28)12-30-20)22(34)13-33-17-3-4-18(33)10-16(9-17)29-11-15-2-6-23-21(8-15)31-24(35)14-37-23/h2,5-8,12,16-18,22,29,34H,3-4,9-11,13-14H2,1H3,(H,31,35). The Morgan fingerprint density at radius 1 is 1.27 bits per heavy atom. The van der Waals surface area contributed by atoms with Crippen LogP contribution in [0.4, 0.5) is 5.69 Å². The second kappa shape index (κ2) is 10.1. The number of halogens is 1. The second-order valence-electron chi connectivity index (χ2n) is 10.1. The van der Waals surface area contributed by atoms with Gasteiger partial charge in [-0.05, 0) is 49.4 Å². The molecule has 0 aliphatic carbocycles. The fourth-order valence-corrected chi connectivity index (χ4v) is 6.27. The Balaban J connectivity index is 1.11. The molecular weight excluding hydrogens is 494 g/mol. The highest BCUT2D eigenvalue weighted by Gasteiger charge is 2.41. The van der Waals surface area contributed by atoms with Gasteiger partial charge in [0.2, 0.25) is 5.88 Å². The van der Waals surface area contributed by atoms with Gasteiger partial charge >= 0.3 is 0 Å². The number of benzene rings is 1. The van der Waals surface area contributed by atoms with Crippen molar-refractivity contribution in [3.63, 3.8) is 0 Å². The molecule has 1 amide bonds. The molecule has 2 aromatic heterocycles. The van der Waals surface area contributed by atoms with Crippen molar-refractivity contribution in [2.45, 2.75) is 56.5 Å². The van der Waals surface area contributed by atoms with E-state index in [1.807, 2.05) is 24.3 Å². The van der Waals surface area contributed by atoms with Crippen LogP contribution in [0.25, 0.3) is 11.0 Å². The number of pyridine rings is 2. The molecule has 194 valence electrons. The Labute approximate surface area is 220 Å². The number of nitrogens with one attached hydrogen (secondary N) is 2. The van der Waals surface area contributed by atoms with Crippen molar-refractivity contribution >= 4 is 34.2 Å². The van der Waals surface area contributed by atoms with E-state index in [4.69, 9.17) is 21.1 Å². The van der Waals surface area contributed by atoms with Crippen molar-refractivity contribution in [1.29, 1.82) is 0 Å².